The number of carboxylic acids is 1. The second-order valence-electron chi connectivity index (χ2n) is 5.36. The predicted molar refractivity (Wildman–Crippen MR) is 84.2 cm³/mol. The predicted octanol–water partition coefficient (Wildman–Crippen LogP) is 3.01. The van der Waals surface area contributed by atoms with Crippen LogP contribution in [0.5, 0.6) is 0 Å². The Morgan fingerprint density at radius 1 is 1.48 bits per heavy atom. The lowest BCUT2D eigenvalue weighted by Gasteiger charge is -2.14. The third kappa shape index (κ3) is 3.32. The van der Waals surface area contributed by atoms with Crippen molar-refractivity contribution in [2.45, 2.75) is 52.5 Å². The summed E-state index contributed by atoms with van der Waals surface area (Å²) in [6, 6.07) is 1.91. The molecule has 0 saturated carbocycles. The van der Waals surface area contributed by atoms with E-state index < -0.39 is 5.97 Å². The number of rotatable bonds is 6. The molecule has 0 aliphatic carbocycles. The molecular formula is C15H20N2O3S. The highest BCUT2D eigenvalue weighted by atomic mass is 32.1. The number of aliphatic carboxylic acids is 1. The Balaban J connectivity index is 2.49. The Kier molecular flexibility index (Phi) is 4.77. The summed E-state index contributed by atoms with van der Waals surface area (Å²) < 4.78 is 1.64. The zero-order valence-electron chi connectivity index (χ0n) is 12.5. The number of hydrogen-bond donors (Lipinski definition) is 1. The van der Waals surface area contributed by atoms with E-state index in [1.54, 1.807) is 15.9 Å². The molecule has 1 N–H and O–H groups in total. The molecule has 0 unspecified atom stereocenters. The van der Waals surface area contributed by atoms with Crippen molar-refractivity contribution in [1.29, 1.82) is 0 Å². The topological polar surface area (TPSA) is 72.2 Å². The lowest BCUT2D eigenvalue weighted by atomic mass is 10.2. The Morgan fingerprint density at radius 2 is 2.19 bits per heavy atom. The van der Waals surface area contributed by atoms with Crippen LogP contribution in [-0.2, 0) is 17.8 Å². The third-order valence-corrected chi connectivity index (χ3v) is 4.54. The second kappa shape index (κ2) is 6.39. The summed E-state index contributed by atoms with van der Waals surface area (Å²) in [5, 5.41) is 9.39. The molecule has 0 saturated heterocycles. The van der Waals surface area contributed by atoms with Gasteiger partial charge in [0, 0.05) is 23.8 Å². The highest BCUT2D eigenvalue weighted by Gasteiger charge is 2.16. The molecule has 6 heteroatoms. The molecule has 0 aliphatic rings. The molecule has 0 amide bonds. The number of nitrogens with zero attached hydrogens (tertiary/aromatic N) is 2. The van der Waals surface area contributed by atoms with Crippen molar-refractivity contribution in [1.82, 2.24) is 9.55 Å². The number of hydrogen-bond acceptors (Lipinski definition) is 4. The van der Waals surface area contributed by atoms with E-state index in [-0.39, 0.29) is 17.9 Å². The first-order chi connectivity index (χ1) is 9.93. The molecule has 0 aliphatic heterocycles. The number of carbonyl (C=O) groups is 1. The first-order valence-electron chi connectivity index (χ1n) is 7.19. The van der Waals surface area contributed by atoms with Crippen LogP contribution >= 0.6 is 11.3 Å². The van der Waals surface area contributed by atoms with Crippen molar-refractivity contribution in [3.8, 4) is 0 Å². The van der Waals surface area contributed by atoms with Gasteiger partial charge in [0.25, 0.3) is 5.56 Å². The highest BCUT2D eigenvalue weighted by molar-refractivity contribution is 7.18. The van der Waals surface area contributed by atoms with Crippen LogP contribution in [0.15, 0.2) is 10.9 Å². The van der Waals surface area contributed by atoms with E-state index in [2.05, 4.69) is 11.9 Å². The van der Waals surface area contributed by atoms with Gasteiger partial charge in [-0.3, -0.25) is 14.2 Å². The largest absolute Gasteiger partial charge is 0.481 e. The lowest BCUT2D eigenvalue weighted by molar-refractivity contribution is -0.137. The van der Waals surface area contributed by atoms with Crippen LogP contribution in [-0.4, -0.2) is 20.6 Å². The van der Waals surface area contributed by atoms with Gasteiger partial charge in [0.1, 0.15) is 10.7 Å². The average molecular weight is 308 g/mol. The van der Waals surface area contributed by atoms with E-state index in [0.717, 1.165) is 22.0 Å². The molecule has 2 rings (SSSR count). The van der Waals surface area contributed by atoms with E-state index in [9.17, 15) is 9.59 Å². The Labute approximate surface area is 127 Å². The molecule has 21 heavy (non-hydrogen) atoms. The molecule has 5 nitrogen and oxygen atoms in total. The van der Waals surface area contributed by atoms with Crippen molar-refractivity contribution in [2.24, 2.45) is 0 Å². The maximum absolute atomic E-state index is 12.6. The van der Waals surface area contributed by atoms with E-state index in [1.165, 1.54) is 0 Å². The summed E-state index contributed by atoms with van der Waals surface area (Å²) in [5.74, 6) is 0.0217. The van der Waals surface area contributed by atoms with Gasteiger partial charge in [-0.05, 0) is 18.9 Å². The molecule has 114 valence electrons. The lowest BCUT2D eigenvalue weighted by Crippen LogP contribution is -2.26. The summed E-state index contributed by atoms with van der Waals surface area (Å²) in [4.78, 5) is 29.9. The zero-order chi connectivity index (χ0) is 15.6. The van der Waals surface area contributed by atoms with E-state index in [1.807, 2.05) is 19.9 Å². The summed E-state index contributed by atoms with van der Waals surface area (Å²) >= 11 is 1.56. The molecule has 0 radical (unpaired) electrons. The SMILES string of the molecule is CCc1cc2c(=O)n(CCCC(=O)O)c(C(C)C)nc2s1. The van der Waals surface area contributed by atoms with Crippen LogP contribution in [0.2, 0.25) is 0 Å². The van der Waals surface area contributed by atoms with Crippen molar-refractivity contribution >= 4 is 27.5 Å². The van der Waals surface area contributed by atoms with Gasteiger partial charge >= 0.3 is 5.97 Å². The van der Waals surface area contributed by atoms with Crippen molar-refractivity contribution in [3.63, 3.8) is 0 Å². The Morgan fingerprint density at radius 3 is 2.76 bits per heavy atom. The number of aryl methyl sites for hydroxylation is 1. The number of carboxylic acid groups (broad SMARTS) is 1. The molecule has 0 atom stereocenters. The third-order valence-electron chi connectivity index (χ3n) is 3.37. The summed E-state index contributed by atoms with van der Waals surface area (Å²) in [6.07, 6.45) is 1.38. The van der Waals surface area contributed by atoms with Gasteiger partial charge in [0.05, 0.1) is 5.39 Å². The second-order valence-corrected chi connectivity index (χ2v) is 6.48. The minimum atomic E-state index is -0.841. The van der Waals surface area contributed by atoms with Gasteiger partial charge in [-0.1, -0.05) is 20.8 Å². The van der Waals surface area contributed by atoms with Crippen LogP contribution in [0.25, 0.3) is 10.2 Å². The Hall–Kier alpha value is -1.69. The summed E-state index contributed by atoms with van der Waals surface area (Å²) in [7, 11) is 0. The monoisotopic (exact) mass is 308 g/mol. The van der Waals surface area contributed by atoms with E-state index in [0.29, 0.717) is 18.4 Å². The fourth-order valence-electron chi connectivity index (χ4n) is 2.30. The van der Waals surface area contributed by atoms with Crippen LogP contribution < -0.4 is 5.56 Å². The van der Waals surface area contributed by atoms with Gasteiger partial charge in [0.2, 0.25) is 0 Å². The average Bonchev–Trinajstić information content (AvgIpc) is 2.84. The van der Waals surface area contributed by atoms with Crippen LogP contribution in [0.1, 0.15) is 50.2 Å². The van der Waals surface area contributed by atoms with E-state index in [4.69, 9.17) is 5.11 Å². The number of thiophene rings is 1. The van der Waals surface area contributed by atoms with Gasteiger partial charge < -0.3 is 5.11 Å². The van der Waals surface area contributed by atoms with Crippen molar-refractivity contribution in [2.75, 3.05) is 0 Å². The van der Waals surface area contributed by atoms with Crippen molar-refractivity contribution < 1.29 is 9.90 Å². The molecule has 2 heterocycles. The van der Waals surface area contributed by atoms with Gasteiger partial charge in [-0.15, -0.1) is 11.3 Å². The molecular weight excluding hydrogens is 288 g/mol. The molecule has 2 aromatic rings. The number of fused-ring (bicyclic) bond motifs is 1. The van der Waals surface area contributed by atoms with Crippen LogP contribution in [0.4, 0.5) is 0 Å². The first kappa shape index (κ1) is 15.7. The summed E-state index contributed by atoms with van der Waals surface area (Å²) in [6.45, 7) is 6.45. The quantitative estimate of drug-likeness (QED) is 0.890. The minimum absolute atomic E-state index is 0.0509. The maximum atomic E-state index is 12.6. The van der Waals surface area contributed by atoms with E-state index >= 15 is 0 Å². The van der Waals surface area contributed by atoms with Gasteiger partial charge in [-0.2, -0.15) is 0 Å². The first-order valence-corrected chi connectivity index (χ1v) is 8.00. The smallest absolute Gasteiger partial charge is 0.303 e. The van der Waals surface area contributed by atoms with Gasteiger partial charge in [0.15, 0.2) is 0 Å². The summed E-state index contributed by atoms with van der Waals surface area (Å²) in [5.41, 5.74) is -0.0509. The van der Waals surface area contributed by atoms with Gasteiger partial charge in [-0.25, -0.2) is 4.98 Å². The fourth-order valence-corrected chi connectivity index (χ4v) is 3.27. The molecule has 0 bridgehead atoms. The maximum Gasteiger partial charge on any atom is 0.303 e. The standard InChI is InChI=1S/C15H20N2O3S/c1-4-10-8-11-14(21-10)16-13(9(2)3)17(15(11)20)7-5-6-12(18)19/h8-9H,4-7H2,1-3H3,(H,18,19). The molecule has 0 fully saturated rings. The normalized spacial score (nSPS) is 11.4. The van der Waals surface area contributed by atoms with Crippen molar-refractivity contribution in [3.05, 3.63) is 27.1 Å². The molecule has 0 aromatic carbocycles. The fraction of sp³-hybridized carbons (Fsp3) is 0.533. The minimum Gasteiger partial charge on any atom is -0.481 e. The highest BCUT2D eigenvalue weighted by Crippen LogP contribution is 2.24. The van der Waals surface area contributed by atoms with Crippen LogP contribution in [0.3, 0.4) is 0 Å². The zero-order valence-corrected chi connectivity index (χ0v) is 13.4. The molecule has 2 aromatic heterocycles. The number of aromatic nitrogens is 2. The Bertz CT molecular complexity index is 716. The van der Waals surface area contributed by atoms with Crippen LogP contribution in [0, 0.1) is 0 Å². The molecule has 0 spiro atoms.